The van der Waals surface area contributed by atoms with E-state index in [1.54, 1.807) is 13.0 Å². The van der Waals surface area contributed by atoms with E-state index in [1.807, 2.05) is 45.9 Å². The summed E-state index contributed by atoms with van der Waals surface area (Å²) in [5, 5.41) is 7.12. The second kappa shape index (κ2) is 11.5. The van der Waals surface area contributed by atoms with Crippen LogP contribution in [-0.2, 0) is 9.53 Å². The van der Waals surface area contributed by atoms with Crippen LogP contribution in [0.15, 0.2) is 30.5 Å². The Morgan fingerprint density at radius 1 is 1.09 bits per heavy atom. The molecule has 1 aromatic carbocycles. The van der Waals surface area contributed by atoms with Crippen LogP contribution in [0, 0.1) is 0 Å². The monoisotopic (exact) mass is 497 g/mol. The third kappa shape index (κ3) is 7.87. The van der Waals surface area contributed by atoms with Gasteiger partial charge in [0.05, 0.1) is 35.5 Å². The first-order valence-electron chi connectivity index (χ1n) is 10.6. The zero-order chi connectivity index (χ0) is 26.3. The van der Waals surface area contributed by atoms with Crippen molar-refractivity contribution >= 4 is 23.1 Å². The Bertz CT molecular complexity index is 1180. The van der Waals surface area contributed by atoms with Gasteiger partial charge in [0.2, 0.25) is 0 Å². The number of halogens is 3. The first-order valence-corrected chi connectivity index (χ1v) is 10.6. The summed E-state index contributed by atoms with van der Waals surface area (Å²) in [6.45, 7) is 9.95. The number of ether oxygens (including phenoxy) is 3. The highest BCUT2D eigenvalue weighted by Crippen LogP contribution is 2.34. The Labute approximate surface area is 199 Å². The number of benzene rings is 1. The van der Waals surface area contributed by atoms with Gasteiger partial charge in [0.15, 0.2) is 5.65 Å². The maximum absolute atomic E-state index is 12.0. The summed E-state index contributed by atoms with van der Waals surface area (Å²) in [7, 11) is 0. The van der Waals surface area contributed by atoms with Gasteiger partial charge in [-0.3, -0.25) is 0 Å². The van der Waals surface area contributed by atoms with Gasteiger partial charge < -0.3 is 24.3 Å². The molecule has 0 fully saturated rings. The summed E-state index contributed by atoms with van der Waals surface area (Å²) in [5.41, 5.74) is 2.29. The number of fused-ring (bicyclic) bond motifs is 1. The molecule has 0 saturated heterocycles. The molecule has 0 saturated carbocycles. The molecule has 2 aromatic heterocycles. The number of hydrogen-bond acceptors (Lipinski definition) is 7. The first kappa shape index (κ1) is 27.4. The number of aromatic amines is 1. The smallest absolute Gasteiger partial charge is 0.490 e. The summed E-state index contributed by atoms with van der Waals surface area (Å²) in [5.74, 6) is -1.16. The van der Waals surface area contributed by atoms with Gasteiger partial charge in [-0.25, -0.2) is 19.6 Å². The van der Waals surface area contributed by atoms with E-state index in [1.165, 1.54) is 6.20 Å². The molecule has 0 radical (unpaired) electrons. The molecule has 12 heteroatoms. The lowest BCUT2D eigenvalue weighted by Crippen LogP contribution is -2.21. The Morgan fingerprint density at radius 2 is 1.71 bits per heavy atom. The molecular formula is C23H26F3N3O6. The van der Waals surface area contributed by atoms with Gasteiger partial charge in [-0.2, -0.15) is 13.2 Å². The standard InChI is InChI=1S/C21H25N3O4.C2HF3O2/c1-6-26-21(25)14-9-17-20(22-11-14)24-19(23-17)16-10-15(27-12(2)3)7-8-18(16)28-13(4)5;3-2(4,5)1(6)7/h7-13H,6H2,1-5H3,(H,22,23,24);(H,6,7). The Morgan fingerprint density at radius 3 is 2.26 bits per heavy atom. The number of esters is 1. The molecule has 0 bridgehead atoms. The number of carbonyl (C=O) groups is 2. The highest BCUT2D eigenvalue weighted by Gasteiger charge is 2.38. The molecule has 0 unspecified atom stereocenters. The Balaban J connectivity index is 0.000000540. The summed E-state index contributed by atoms with van der Waals surface area (Å²) >= 11 is 0. The van der Waals surface area contributed by atoms with Gasteiger partial charge in [-0.15, -0.1) is 0 Å². The lowest BCUT2D eigenvalue weighted by molar-refractivity contribution is -0.192. The number of carbonyl (C=O) groups excluding carboxylic acids is 1. The van der Waals surface area contributed by atoms with Crippen molar-refractivity contribution < 1.29 is 42.1 Å². The van der Waals surface area contributed by atoms with Crippen molar-refractivity contribution in [3.8, 4) is 22.9 Å². The third-order valence-corrected chi connectivity index (χ3v) is 4.03. The number of rotatable bonds is 7. The minimum Gasteiger partial charge on any atom is -0.491 e. The van der Waals surface area contributed by atoms with Crippen LogP contribution in [0.1, 0.15) is 45.0 Å². The number of H-pyrrole nitrogens is 1. The number of hydrogen-bond donors (Lipinski definition) is 2. The van der Waals surface area contributed by atoms with Crippen LogP contribution in [0.5, 0.6) is 11.5 Å². The van der Waals surface area contributed by atoms with E-state index in [-0.39, 0.29) is 12.2 Å². The van der Waals surface area contributed by atoms with Crippen LogP contribution in [-0.4, -0.2) is 57.0 Å². The van der Waals surface area contributed by atoms with Crippen LogP contribution in [0.2, 0.25) is 0 Å². The minimum atomic E-state index is -5.08. The molecule has 0 spiro atoms. The molecule has 2 N–H and O–H groups in total. The molecule has 0 aliphatic rings. The quantitative estimate of drug-likeness (QED) is 0.437. The van der Waals surface area contributed by atoms with Crippen molar-refractivity contribution in [1.82, 2.24) is 15.0 Å². The van der Waals surface area contributed by atoms with E-state index in [4.69, 9.17) is 24.1 Å². The molecular weight excluding hydrogens is 471 g/mol. The Hall–Kier alpha value is -3.83. The van der Waals surface area contributed by atoms with Crippen molar-refractivity contribution in [1.29, 1.82) is 0 Å². The van der Waals surface area contributed by atoms with Gasteiger partial charge in [0, 0.05) is 6.20 Å². The van der Waals surface area contributed by atoms with Crippen molar-refractivity contribution in [2.75, 3.05) is 6.61 Å². The summed E-state index contributed by atoms with van der Waals surface area (Å²) in [6.07, 6.45) is -3.56. The first-order chi connectivity index (χ1) is 16.3. The summed E-state index contributed by atoms with van der Waals surface area (Å²) < 4.78 is 48.5. The molecule has 3 rings (SSSR count). The number of nitrogens with zero attached hydrogens (tertiary/aromatic N) is 2. The number of alkyl halides is 3. The molecule has 0 aliphatic carbocycles. The fourth-order valence-corrected chi connectivity index (χ4v) is 2.75. The molecule has 3 aromatic rings. The number of carboxylic acids is 1. The lowest BCUT2D eigenvalue weighted by atomic mass is 10.1. The zero-order valence-corrected chi connectivity index (χ0v) is 19.8. The normalized spacial score (nSPS) is 11.3. The van der Waals surface area contributed by atoms with Crippen molar-refractivity contribution in [3.05, 3.63) is 36.0 Å². The van der Waals surface area contributed by atoms with Gasteiger partial charge in [0.25, 0.3) is 0 Å². The van der Waals surface area contributed by atoms with Crippen molar-refractivity contribution in [2.45, 2.75) is 53.0 Å². The predicted octanol–water partition coefficient (Wildman–Crippen LogP) is 5.01. The number of imidazole rings is 1. The fourth-order valence-electron chi connectivity index (χ4n) is 2.75. The molecule has 0 atom stereocenters. The average Bonchev–Trinajstić information content (AvgIpc) is 3.17. The second-order valence-corrected chi connectivity index (χ2v) is 7.70. The van der Waals surface area contributed by atoms with E-state index in [0.29, 0.717) is 34.9 Å². The molecule has 35 heavy (non-hydrogen) atoms. The molecule has 9 nitrogen and oxygen atoms in total. The predicted molar refractivity (Wildman–Crippen MR) is 121 cm³/mol. The fraction of sp³-hybridized carbons (Fsp3) is 0.391. The second-order valence-electron chi connectivity index (χ2n) is 7.70. The maximum atomic E-state index is 12.0. The number of aromatic nitrogens is 3. The SMILES string of the molecule is CCOC(=O)c1cnc2nc(-c3cc(OC(C)C)ccc3OC(C)C)[nH]c2c1.O=C(O)C(F)(F)F. The average molecular weight is 497 g/mol. The van der Waals surface area contributed by atoms with E-state index in [2.05, 4.69) is 15.0 Å². The lowest BCUT2D eigenvalue weighted by Gasteiger charge is -2.16. The Kier molecular flexibility index (Phi) is 9.04. The van der Waals surface area contributed by atoms with E-state index < -0.39 is 18.1 Å². The molecule has 0 aliphatic heterocycles. The van der Waals surface area contributed by atoms with Crippen LogP contribution in [0.4, 0.5) is 13.2 Å². The molecule has 2 heterocycles. The number of aliphatic carboxylic acids is 1. The largest absolute Gasteiger partial charge is 0.491 e. The zero-order valence-electron chi connectivity index (χ0n) is 19.8. The van der Waals surface area contributed by atoms with E-state index in [9.17, 15) is 18.0 Å². The van der Waals surface area contributed by atoms with Crippen molar-refractivity contribution in [3.63, 3.8) is 0 Å². The van der Waals surface area contributed by atoms with Gasteiger partial charge in [-0.1, -0.05) is 0 Å². The van der Waals surface area contributed by atoms with Crippen molar-refractivity contribution in [2.24, 2.45) is 0 Å². The number of nitrogens with one attached hydrogen (secondary N) is 1. The molecule has 0 amide bonds. The third-order valence-electron chi connectivity index (χ3n) is 4.03. The van der Waals surface area contributed by atoms with Gasteiger partial charge >= 0.3 is 18.1 Å². The highest BCUT2D eigenvalue weighted by molar-refractivity contribution is 5.92. The number of pyridine rings is 1. The van der Waals surface area contributed by atoms with Gasteiger partial charge in [-0.05, 0) is 58.9 Å². The van der Waals surface area contributed by atoms with Gasteiger partial charge in [0.1, 0.15) is 17.3 Å². The topological polar surface area (TPSA) is 124 Å². The van der Waals surface area contributed by atoms with Crippen LogP contribution < -0.4 is 9.47 Å². The maximum Gasteiger partial charge on any atom is 0.490 e. The van der Waals surface area contributed by atoms with Crippen LogP contribution in [0.25, 0.3) is 22.6 Å². The highest BCUT2D eigenvalue weighted by atomic mass is 19.4. The van der Waals surface area contributed by atoms with Crippen LogP contribution in [0.3, 0.4) is 0 Å². The van der Waals surface area contributed by atoms with E-state index in [0.717, 1.165) is 11.3 Å². The number of carboxylic acid groups (broad SMARTS) is 1. The van der Waals surface area contributed by atoms with E-state index >= 15 is 0 Å². The summed E-state index contributed by atoms with van der Waals surface area (Å²) in [6, 6.07) is 7.33. The van der Waals surface area contributed by atoms with Crippen LogP contribution >= 0.6 is 0 Å². The summed E-state index contributed by atoms with van der Waals surface area (Å²) in [4.78, 5) is 32.9. The minimum absolute atomic E-state index is 0.00790. The molecule has 190 valence electrons.